The van der Waals surface area contributed by atoms with Gasteiger partial charge in [-0.3, -0.25) is 15.0 Å². The highest BCUT2D eigenvalue weighted by Gasteiger charge is 2.76. The van der Waals surface area contributed by atoms with E-state index in [0.717, 1.165) is 12.1 Å². The maximum Gasteiger partial charge on any atom is 0.232 e. The van der Waals surface area contributed by atoms with Gasteiger partial charge in [0.15, 0.2) is 5.78 Å². The number of para-hydroxylation sites is 1. The average molecular weight is 299 g/mol. The first-order valence-corrected chi connectivity index (χ1v) is 7.51. The minimum atomic E-state index is -1.13. The second-order valence-electron chi connectivity index (χ2n) is 6.99. The number of primary amides is 1. The molecule has 0 spiro atoms. The van der Waals surface area contributed by atoms with E-state index in [0.29, 0.717) is 12.1 Å². The molecule has 2 unspecified atom stereocenters. The van der Waals surface area contributed by atoms with E-state index in [2.05, 4.69) is 10.5 Å². The van der Waals surface area contributed by atoms with Crippen LogP contribution in [0.15, 0.2) is 35.4 Å². The van der Waals surface area contributed by atoms with Gasteiger partial charge in [-0.25, -0.2) is 0 Å². The summed E-state index contributed by atoms with van der Waals surface area (Å²) in [6.07, 6.45) is 1.25. The molecule has 0 radical (unpaired) electrons. The second-order valence-corrected chi connectivity index (χ2v) is 6.99. The molecule has 1 aromatic carbocycles. The molecular weight excluding hydrogens is 278 g/mol. The van der Waals surface area contributed by atoms with E-state index in [1.165, 1.54) is 0 Å². The number of nitrogens with one attached hydrogen (secondary N) is 1. The molecule has 0 aliphatic heterocycles. The van der Waals surface area contributed by atoms with Crippen LogP contribution in [-0.2, 0) is 9.59 Å². The molecule has 22 heavy (non-hydrogen) atoms. The number of nitrogens with zero attached hydrogens (tertiary/aromatic N) is 1. The third-order valence-corrected chi connectivity index (χ3v) is 6.06. The zero-order chi connectivity index (χ0) is 16.2. The van der Waals surface area contributed by atoms with Gasteiger partial charge in [0.05, 0.1) is 5.69 Å². The lowest BCUT2D eigenvalue weighted by atomic mass is 9.64. The van der Waals surface area contributed by atoms with Crippen LogP contribution in [0.4, 0.5) is 5.69 Å². The largest absolute Gasteiger partial charge is 0.369 e. The standard InChI is InChI=1S/C17H21N3O2/c1-15(2)16(3)9-10-17(15,14(18)22)13(21)12(16)20-19-11-7-5-4-6-8-11/h4-8,19H,9-10H2,1-3H3,(H2,18,22)/b20-12+. The number of nitrogens with two attached hydrogens (primary N) is 1. The Balaban J connectivity index is 2.04. The highest BCUT2D eigenvalue weighted by atomic mass is 16.2. The van der Waals surface area contributed by atoms with E-state index in [9.17, 15) is 9.59 Å². The summed E-state index contributed by atoms with van der Waals surface area (Å²) in [5.74, 6) is -0.752. The van der Waals surface area contributed by atoms with Crippen molar-refractivity contribution in [1.29, 1.82) is 0 Å². The molecule has 5 heteroatoms. The molecule has 2 saturated carbocycles. The van der Waals surface area contributed by atoms with E-state index in [-0.39, 0.29) is 5.78 Å². The fourth-order valence-electron chi connectivity index (χ4n) is 4.15. The lowest BCUT2D eigenvalue weighted by molar-refractivity contribution is -0.141. The Bertz CT molecular complexity index is 680. The first kappa shape index (κ1) is 14.8. The Kier molecular flexibility index (Phi) is 2.96. The van der Waals surface area contributed by atoms with Gasteiger partial charge in [-0.1, -0.05) is 39.0 Å². The number of Topliss-reactive ketones (excluding diaryl/α,β-unsaturated/α-hetero) is 1. The van der Waals surface area contributed by atoms with Crippen LogP contribution < -0.4 is 11.2 Å². The van der Waals surface area contributed by atoms with Crippen LogP contribution in [0.25, 0.3) is 0 Å². The number of carbonyl (C=O) groups is 2. The normalized spacial score (nSPS) is 34.1. The highest BCUT2D eigenvalue weighted by molar-refractivity contribution is 6.50. The number of rotatable bonds is 3. The molecule has 3 N–H and O–H groups in total. The number of ketones is 1. The van der Waals surface area contributed by atoms with Gasteiger partial charge in [0, 0.05) is 5.41 Å². The maximum atomic E-state index is 12.9. The fourth-order valence-corrected chi connectivity index (χ4v) is 4.15. The topological polar surface area (TPSA) is 84.6 Å². The van der Waals surface area contributed by atoms with E-state index in [4.69, 9.17) is 5.73 Å². The number of benzene rings is 1. The van der Waals surface area contributed by atoms with Crippen molar-refractivity contribution < 1.29 is 9.59 Å². The van der Waals surface area contributed by atoms with Crippen LogP contribution in [0.5, 0.6) is 0 Å². The van der Waals surface area contributed by atoms with Crippen LogP contribution in [0.1, 0.15) is 33.6 Å². The summed E-state index contributed by atoms with van der Waals surface area (Å²) in [6.45, 7) is 5.91. The zero-order valence-corrected chi connectivity index (χ0v) is 13.1. The van der Waals surface area contributed by atoms with Crippen LogP contribution in [0, 0.1) is 16.2 Å². The molecule has 2 fully saturated rings. The summed E-state index contributed by atoms with van der Waals surface area (Å²) < 4.78 is 0. The molecule has 2 aliphatic rings. The lowest BCUT2D eigenvalue weighted by Crippen LogP contribution is -2.48. The summed E-state index contributed by atoms with van der Waals surface area (Å²) in [7, 11) is 0. The van der Waals surface area contributed by atoms with Gasteiger partial charge in [-0.2, -0.15) is 5.10 Å². The predicted molar refractivity (Wildman–Crippen MR) is 85.3 cm³/mol. The quantitative estimate of drug-likeness (QED) is 0.663. The summed E-state index contributed by atoms with van der Waals surface area (Å²) in [4.78, 5) is 25.0. The van der Waals surface area contributed by atoms with Gasteiger partial charge in [-0.15, -0.1) is 0 Å². The summed E-state index contributed by atoms with van der Waals surface area (Å²) in [5, 5.41) is 4.36. The number of carbonyl (C=O) groups excluding carboxylic acids is 2. The van der Waals surface area contributed by atoms with Crippen molar-refractivity contribution in [2.75, 3.05) is 5.43 Å². The van der Waals surface area contributed by atoms with Crippen molar-refractivity contribution in [3.05, 3.63) is 30.3 Å². The van der Waals surface area contributed by atoms with Crippen LogP contribution >= 0.6 is 0 Å². The van der Waals surface area contributed by atoms with E-state index >= 15 is 0 Å². The van der Waals surface area contributed by atoms with Gasteiger partial charge in [-0.05, 0) is 30.4 Å². The number of amides is 1. The third-order valence-electron chi connectivity index (χ3n) is 6.06. The Hall–Kier alpha value is -2.17. The molecule has 2 bridgehead atoms. The maximum absolute atomic E-state index is 12.9. The molecule has 1 amide bonds. The summed E-state index contributed by atoms with van der Waals surface area (Å²) in [6, 6.07) is 9.44. The van der Waals surface area contributed by atoms with Gasteiger partial charge >= 0.3 is 0 Å². The van der Waals surface area contributed by atoms with Crippen LogP contribution in [0.3, 0.4) is 0 Å². The highest BCUT2D eigenvalue weighted by Crippen LogP contribution is 2.69. The molecule has 1 aromatic rings. The van der Waals surface area contributed by atoms with Crippen molar-refractivity contribution in [1.82, 2.24) is 0 Å². The minimum Gasteiger partial charge on any atom is -0.369 e. The van der Waals surface area contributed by atoms with Gasteiger partial charge < -0.3 is 5.73 Å². The number of hydrogen-bond donors (Lipinski definition) is 2. The van der Waals surface area contributed by atoms with Crippen molar-refractivity contribution in [3.63, 3.8) is 0 Å². The van der Waals surface area contributed by atoms with Crippen molar-refractivity contribution in [3.8, 4) is 0 Å². The van der Waals surface area contributed by atoms with Gasteiger partial charge in [0.2, 0.25) is 5.91 Å². The molecule has 0 aromatic heterocycles. The van der Waals surface area contributed by atoms with Crippen molar-refractivity contribution in [2.24, 2.45) is 27.1 Å². The Morgan fingerprint density at radius 2 is 1.82 bits per heavy atom. The number of anilines is 1. The smallest absolute Gasteiger partial charge is 0.232 e. The molecule has 0 saturated heterocycles. The number of fused-ring (bicyclic) bond motifs is 2. The molecule has 0 heterocycles. The Morgan fingerprint density at radius 3 is 2.36 bits per heavy atom. The lowest BCUT2D eigenvalue weighted by Gasteiger charge is -2.36. The first-order valence-electron chi connectivity index (χ1n) is 7.51. The average Bonchev–Trinajstić information content (AvgIpc) is 2.75. The molecule has 116 valence electrons. The Morgan fingerprint density at radius 1 is 1.18 bits per heavy atom. The molecule has 5 nitrogen and oxygen atoms in total. The van der Waals surface area contributed by atoms with Gasteiger partial charge in [0.25, 0.3) is 0 Å². The zero-order valence-electron chi connectivity index (χ0n) is 13.1. The minimum absolute atomic E-state index is 0.220. The second kappa shape index (κ2) is 4.41. The Labute approximate surface area is 130 Å². The summed E-state index contributed by atoms with van der Waals surface area (Å²) >= 11 is 0. The van der Waals surface area contributed by atoms with Crippen LogP contribution in [0.2, 0.25) is 0 Å². The van der Waals surface area contributed by atoms with Crippen molar-refractivity contribution >= 4 is 23.1 Å². The van der Waals surface area contributed by atoms with E-state index in [1.54, 1.807) is 0 Å². The number of hydrazone groups is 1. The predicted octanol–water partition coefficient (Wildman–Crippen LogP) is 2.34. The molecule has 2 atom stereocenters. The first-order chi connectivity index (χ1) is 10.3. The fraction of sp³-hybridized carbons (Fsp3) is 0.471. The van der Waals surface area contributed by atoms with Crippen LogP contribution in [-0.4, -0.2) is 17.4 Å². The SMILES string of the molecule is CC12CCC(C(N)=O)(C(=O)/C1=N\Nc1ccccc1)C2(C)C. The number of hydrogen-bond acceptors (Lipinski definition) is 4. The van der Waals surface area contributed by atoms with Crippen molar-refractivity contribution in [2.45, 2.75) is 33.6 Å². The molecule has 2 aliphatic carbocycles. The summed E-state index contributed by atoms with van der Waals surface area (Å²) in [5.41, 5.74) is 7.71. The van der Waals surface area contributed by atoms with E-state index in [1.807, 2.05) is 51.1 Å². The third kappa shape index (κ3) is 1.51. The molecular formula is C17H21N3O2. The van der Waals surface area contributed by atoms with Gasteiger partial charge in [0.1, 0.15) is 11.1 Å². The van der Waals surface area contributed by atoms with E-state index < -0.39 is 22.2 Å². The monoisotopic (exact) mass is 299 g/mol. The molecule has 3 rings (SSSR count).